The van der Waals surface area contributed by atoms with Crippen molar-refractivity contribution < 1.29 is 32.9 Å². The minimum Gasteiger partial charge on any atom is -0.474 e. The number of hydrogen-bond donors (Lipinski definition) is 3. The van der Waals surface area contributed by atoms with Crippen LogP contribution in [0.2, 0.25) is 0 Å². The summed E-state index contributed by atoms with van der Waals surface area (Å²) in [6.45, 7) is 0.686. The molecule has 200 valence electrons. The number of anilines is 3. The van der Waals surface area contributed by atoms with E-state index in [1.54, 1.807) is 0 Å². The zero-order valence-electron chi connectivity index (χ0n) is 20.0. The number of hydrogen-bond acceptors (Lipinski definition) is 9. The van der Waals surface area contributed by atoms with Crippen molar-refractivity contribution in [3.05, 3.63) is 48.4 Å². The van der Waals surface area contributed by atoms with E-state index in [-0.39, 0.29) is 35.7 Å². The van der Waals surface area contributed by atoms with E-state index in [9.17, 15) is 23.1 Å². The Hall–Kier alpha value is -4.04. The fourth-order valence-electron chi connectivity index (χ4n) is 4.42. The monoisotopic (exact) mass is 531 g/mol. The van der Waals surface area contributed by atoms with E-state index < -0.39 is 30.5 Å². The van der Waals surface area contributed by atoms with Crippen LogP contribution in [-0.2, 0) is 6.18 Å². The van der Waals surface area contributed by atoms with Crippen LogP contribution in [0.25, 0.3) is 11.4 Å². The average Bonchev–Trinajstić information content (AvgIpc) is 2.92. The number of nitrogens with one attached hydrogen (secondary N) is 1. The summed E-state index contributed by atoms with van der Waals surface area (Å²) in [5, 5.41) is 20.9. The van der Waals surface area contributed by atoms with E-state index in [0.717, 1.165) is 31.5 Å². The molecule has 0 radical (unpaired) electrons. The van der Waals surface area contributed by atoms with Gasteiger partial charge < -0.3 is 19.8 Å². The number of ether oxygens (including phenoxy) is 1. The van der Waals surface area contributed by atoms with Crippen LogP contribution in [0.15, 0.2) is 42.9 Å². The summed E-state index contributed by atoms with van der Waals surface area (Å²) >= 11 is 0. The lowest BCUT2D eigenvalue weighted by Crippen LogP contribution is -2.56. The van der Waals surface area contributed by atoms with E-state index in [1.807, 2.05) is 0 Å². The van der Waals surface area contributed by atoms with Gasteiger partial charge in [-0.3, -0.25) is 10.2 Å². The Bertz CT molecular complexity index is 1310. The fraction of sp³-hybridized carbons (Fsp3) is 0.375. The van der Waals surface area contributed by atoms with Crippen LogP contribution in [0, 0.1) is 0 Å². The second kappa shape index (κ2) is 10.4. The van der Waals surface area contributed by atoms with Gasteiger partial charge in [-0.2, -0.15) is 13.2 Å². The Morgan fingerprint density at radius 1 is 1.21 bits per heavy atom. The number of amides is 2. The lowest BCUT2D eigenvalue weighted by atomic mass is 10.0. The Morgan fingerprint density at radius 2 is 2.05 bits per heavy atom. The summed E-state index contributed by atoms with van der Waals surface area (Å²) < 4.78 is 45.0. The molecule has 2 aliphatic heterocycles. The molecular weight excluding hydrogens is 507 g/mol. The second-order valence-corrected chi connectivity index (χ2v) is 8.91. The first kappa shape index (κ1) is 25.6. The molecule has 2 aromatic heterocycles. The molecule has 14 heteroatoms. The maximum Gasteiger partial charge on any atom is 0.416 e. The summed E-state index contributed by atoms with van der Waals surface area (Å²) in [6, 6.07) is 4.00. The van der Waals surface area contributed by atoms with Crippen molar-refractivity contribution in [3.63, 3.8) is 0 Å². The molecule has 4 heterocycles. The zero-order valence-corrected chi connectivity index (χ0v) is 20.0. The van der Waals surface area contributed by atoms with Crippen LogP contribution in [0.1, 0.15) is 18.4 Å². The van der Waals surface area contributed by atoms with E-state index in [0.29, 0.717) is 18.1 Å². The van der Waals surface area contributed by atoms with Crippen molar-refractivity contribution in [1.82, 2.24) is 19.9 Å². The molecule has 5 rings (SSSR count). The predicted molar refractivity (Wildman–Crippen MR) is 130 cm³/mol. The van der Waals surface area contributed by atoms with Crippen LogP contribution in [-0.4, -0.2) is 74.6 Å². The van der Waals surface area contributed by atoms with Gasteiger partial charge >= 0.3 is 12.2 Å². The van der Waals surface area contributed by atoms with Crippen LogP contribution in [0.5, 0.6) is 5.88 Å². The highest BCUT2D eigenvalue weighted by atomic mass is 19.4. The van der Waals surface area contributed by atoms with Gasteiger partial charge in [-0.1, -0.05) is 12.1 Å². The first-order chi connectivity index (χ1) is 18.2. The van der Waals surface area contributed by atoms with E-state index in [1.165, 1.54) is 35.6 Å². The zero-order chi connectivity index (χ0) is 26.9. The third kappa shape index (κ3) is 5.31. The molecule has 1 unspecified atom stereocenters. The lowest BCUT2D eigenvalue weighted by molar-refractivity contribution is -0.137. The topological polar surface area (TPSA) is 137 Å². The third-order valence-corrected chi connectivity index (χ3v) is 6.24. The molecule has 2 aliphatic rings. The summed E-state index contributed by atoms with van der Waals surface area (Å²) in [6.07, 6.45) is 0.0662. The molecule has 1 fully saturated rings. The highest BCUT2D eigenvalue weighted by molar-refractivity contribution is 6.04. The largest absolute Gasteiger partial charge is 0.474 e. The van der Waals surface area contributed by atoms with E-state index >= 15 is 0 Å². The highest BCUT2D eigenvalue weighted by Crippen LogP contribution is 2.39. The summed E-state index contributed by atoms with van der Waals surface area (Å²) in [5.74, 6) is 0.601. The minimum atomic E-state index is -4.51. The summed E-state index contributed by atoms with van der Waals surface area (Å²) in [4.78, 5) is 34.0. The van der Waals surface area contributed by atoms with Gasteiger partial charge in [0.05, 0.1) is 42.5 Å². The number of carbonyl (C=O) groups excluding carboxylic acids is 1. The maximum atomic E-state index is 13.4. The maximum absolute atomic E-state index is 13.4. The number of carbonyl (C=O) groups is 1. The van der Waals surface area contributed by atoms with Crippen molar-refractivity contribution in [1.29, 1.82) is 0 Å². The van der Waals surface area contributed by atoms with Crippen molar-refractivity contribution in [2.75, 3.05) is 41.4 Å². The number of aliphatic hydroxyl groups excluding tert-OH is 2. The number of alkyl halides is 3. The van der Waals surface area contributed by atoms with Crippen LogP contribution < -0.4 is 19.9 Å². The van der Waals surface area contributed by atoms with Gasteiger partial charge in [-0.05, 0) is 25.0 Å². The molecule has 0 spiro atoms. The van der Waals surface area contributed by atoms with Crippen molar-refractivity contribution in [2.45, 2.75) is 31.2 Å². The molecule has 1 saturated heterocycles. The number of aromatic nitrogens is 4. The Morgan fingerprint density at radius 3 is 2.79 bits per heavy atom. The lowest BCUT2D eigenvalue weighted by Gasteiger charge is -2.45. The molecular formula is C24H24F3N7O4. The molecule has 11 nitrogen and oxygen atoms in total. The molecule has 0 saturated carbocycles. The molecule has 1 aromatic carbocycles. The van der Waals surface area contributed by atoms with Crippen LogP contribution >= 0.6 is 0 Å². The van der Waals surface area contributed by atoms with Crippen molar-refractivity contribution in [3.8, 4) is 17.3 Å². The predicted octanol–water partition coefficient (Wildman–Crippen LogP) is 2.71. The number of rotatable bonds is 6. The molecule has 2 amide bonds. The van der Waals surface area contributed by atoms with E-state index in [4.69, 9.17) is 9.84 Å². The molecule has 3 N–H and O–H groups in total. The van der Waals surface area contributed by atoms with E-state index in [2.05, 4.69) is 30.2 Å². The average molecular weight is 531 g/mol. The van der Waals surface area contributed by atoms with Gasteiger partial charge in [0.15, 0.2) is 17.5 Å². The second-order valence-electron chi connectivity index (χ2n) is 8.91. The van der Waals surface area contributed by atoms with Gasteiger partial charge in [0.1, 0.15) is 12.7 Å². The standard InChI is InChI=1S/C24H24F3N7O4/c25-24(26,27)15-4-1-3-14(7-15)21-30-8-18-22(32-21)34(16-5-2-6-33(18)11-16)23(37)31-19-9-29-20(10-28-19)38-13-17(36)12-35/h1,3-4,7-10,16-17,35-36H,2,5-6,11-13H2,(H,28,31,37)/t16?,17-/m0/s1. The van der Waals surface area contributed by atoms with Crippen LogP contribution in [0.4, 0.5) is 35.3 Å². The first-order valence-electron chi connectivity index (χ1n) is 11.9. The Labute approximate surface area is 214 Å². The first-order valence-corrected chi connectivity index (χ1v) is 11.9. The molecule has 0 aliphatic carbocycles. The molecule has 3 aromatic rings. The number of nitrogens with zero attached hydrogens (tertiary/aromatic N) is 6. The normalized spacial score (nSPS) is 17.6. The van der Waals surface area contributed by atoms with Gasteiger partial charge in [-0.25, -0.2) is 24.7 Å². The number of piperidine rings is 1. The van der Waals surface area contributed by atoms with Gasteiger partial charge in [0, 0.05) is 18.7 Å². The number of benzene rings is 1. The SMILES string of the molecule is O=C(Nc1cnc(OC[C@@H](O)CO)cn1)N1c2nc(-c3cccc(C(F)(F)F)c3)ncc2N2CCCC1C2. The number of fused-ring (bicyclic) bond motifs is 4. The van der Waals surface area contributed by atoms with Gasteiger partial charge in [0.25, 0.3) is 0 Å². The summed E-state index contributed by atoms with van der Waals surface area (Å²) in [7, 11) is 0. The summed E-state index contributed by atoms with van der Waals surface area (Å²) in [5.41, 5.74) is -0.0194. The van der Waals surface area contributed by atoms with Gasteiger partial charge in [-0.15, -0.1) is 0 Å². The number of urea groups is 1. The fourth-order valence-corrected chi connectivity index (χ4v) is 4.42. The highest BCUT2D eigenvalue weighted by Gasteiger charge is 2.39. The Kier molecular flexibility index (Phi) is 6.99. The Balaban J connectivity index is 1.41. The van der Waals surface area contributed by atoms with Crippen LogP contribution in [0.3, 0.4) is 0 Å². The molecule has 38 heavy (non-hydrogen) atoms. The van der Waals surface area contributed by atoms with Crippen molar-refractivity contribution in [2.24, 2.45) is 0 Å². The quantitative estimate of drug-likeness (QED) is 0.439. The molecule has 2 atom stereocenters. The smallest absolute Gasteiger partial charge is 0.416 e. The number of aliphatic hydroxyl groups is 2. The minimum absolute atomic E-state index is 0.0696. The number of halogens is 3. The van der Waals surface area contributed by atoms with Gasteiger partial charge in [0.2, 0.25) is 5.88 Å². The third-order valence-electron chi connectivity index (χ3n) is 6.24. The molecule has 2 bridgehead atoms. The van der Waals surface area contributed by atoms with Crippen molar-refractivity contribution >= 4 is 23.4 Å².